The number of benzene rings is 2. The first-order chi connectivity index (χ1) is 11.2. The number of hydrogen-bond donors (Lipinski definition) is 1. The lowest BCUT2D eigenvalue weighted by Gasteiger charge is -2.11. The van der Waals surface area contributed by atoms with Crippen LogP contribution in [0.25, 0.3) is 0 Å². The van der Waals surface area contributed by atoms with Gasteiger partial charge in [-0.3, -0.25) is 4.79 Å². The van der Waals surface area contributed by atoms with Gasteiger partial charge in [-0.25, -0.2) is 9.67 Å². The summed E-state index contributed by atoms with van der Waals surface area (Å²) < 4.78 is 1.75. The normalized spacial score (nSPS) is 10.5. The van der Waals surface area contributed by atoms with E-state index in [4.69, 9.17) is 11.6 Å². The van der Waals surface area contributed by atoms with Gasteiger partial charge < -0.3 is 5.32 Å². The van der Waals surface area contributed by atoms with Crippen molar-refractivity contribution in [2.24, 2.45) is 0 Å². The largest absolute Gasteiger partial charge is 0.348 e. The van der Waals surface area contributed by atoms with Gasteiger partial charge in [0.15, 0.2) is 0 Å². The molecule has 3 rings (SSSR count). The lowest BCUT2D eigenvalue weighted by atomic mass is 10.1. The first-order valence-corrected chi connectivity index (χ1v) is 7.53. The highest BCUT2D eigenvalue weighted by molar-refractivity contribution is 6.30. The molecule has 23 heavy (non-hydrogen) atoms. The fraction of sp³-hybridized carbons (Fsp3) is 0.118. The number of halogens is 1. The van der Waals surface area contributed by atoms with Crippen molar-refractivity contribution in [2.75, 3.05) is 0 Å². The van der Waals surface area contributed by atoms with Gasteiger partial charge >= 0.3 is 0 Å². The van der Waals surface area contributed by atoms with Crippen molar-refractivity contribution in [3.8, 4) is 0 Å². The van der Waals surface area contributed by atoms with E-state index in [2.05, 4.69) is 15.4 Å². The highest BCUT2D eigenvalue weighted by Gasteiger charge is 2.07. The number of aromatic nitrogens is 3. The Morgan fingerprint density at radius 2 is 1.83 bits per heavy atom. The van der Waals surface area contributed by atoms with E-state index in [0.29, 0.717) is 23.7 Å². The molecule has 0 aliphatic heterocycles. The van der Waals surface area contributed by atoms with E-state index in [1.165, 1.54) is 6.33 Å². The smallest absolute Gasteiger partial charge is 0.251 e. The van der Waals surface area contributed by atoms with Crippen LogP contribution < -0.4 is 5.32 Å². The summed E-state index contributed by atoms with van der Waals surface area (Å²) in [7, 11) is 0. The number of amides is 1. The van der Waals surface area contributed by atoms with Crippen molar-refractivity contribution in [3.05, 3.63) is 82.9 Å². The molecule has 0 unspecified atom stereocenters. The van der Waals surface area contributed by atoms with Gasteiger partial charge in [0, 0.05) is 17.1 Å². The topological polar surface area (TPSA) is 59.8 Å². The Morgan fingerprint density at radius 1 is 1.09 bits per heavy atom. The average Bonchev–Trinajstić information content (AvgIpc) is 3.07. The van der Waals surface area contributed by atoms with E-state index in [1.54, 1.807) is 35.3 Å². The Balaban J connectivity index is 1.68. The first kappa shape index (κ1) is 15.2. The Hall–Kier alpha value is -2.66. The Kier molecular flexibility index (Phi) is 4.68. The van der Waals surface area contributed by atoms with Crippen molar-refractivity contribution in [1.82, 2.24) is 20.1 Å². The van der Waals surface area contributed by atoms with Gasteiger partial charge in [-0.1, -0.05) is 35.9 Å². The summed E-state index contributed by atoms with van der Waals surface area (Å²) in [5.74, 6) is -0.128. The minimum atomic E-state index is -0.128. The molecule has 6 heteroatoms. The molecule has 116 valence electrons. The molecule has 1 aromatic heterocycles. The van der Waals surface area contributed by atoms with Gasteiger partial charge in [-0.2, -0.15) is 5.10 Å². The number of rotatable bonds is 5. The summed E-state index contributed by atoms with van der Waals surface area (Å²) in [6.07, 6.45) is 3.17. The maximum absolute atomic E-state index is 12.2. The van der Waals surface area contributed by atoms with Crippen molar-refractivity contribution < 1.29 is 4.79 Å². The maximum atomic E-state index is 12.2. The van der Waals surface area contributed by atoms with Gasteiger partial charge in [0.05, 0.1) is 6.54 Å². The standard InChI is InChI=1S/C17H15ClN4O/c18-16-7-5-13(6-8-16)17(23)20-9-14-3-1-2-4-15(14)10-22-12-19-11-21-22/h1-8,11-12H,9-10H2,(H,20,23). The third kappa shape index (κ3) is 3.96. The van der Waals surface area contributed by atoms with E-state index in [9.17, 15) is 4.79 Å². The molecule has 0 radical (unpaired) electrons. The molecule has 0 bridgehead atoms. The fourth-order valence-corrected chi connectivity index (χ4v) is 2.38. The van der Waals surface area contributed by atoms with Crippen LogP contribution in [-0.4, -0.2) is 20.7 Å². The molecular formula is C17H15ClN4O. The second-order valence-electron chi connectivity index (χ2n) is 5.05. The van der Waals surface area contributed by atoms with Crippen LogP contribution in [0.15, 0.2) is 61.2 Å². The molecule has 0 saturated heterocycles. The van der Waals surface area contributed by atoms with Gasteiger partial charge in [-0.05, 0) is 35.4 Å². The van der Waals surface area contributed by atoms with Crippen LogP contribution in [0.4, 0.5) is 0 Å². The molecule has 0 aliphatic carbocycles. The third-order valence-electron chi connectivity index (χ3n) is 3.46. The van der Waals surface area contributed by atoms with Crippen molar-refractivity contribution >= 4 is 17.5 Å². The van der Waals surface area contributed by atoms with Crippen LogP contribution in [0.3, 0.4) is 0 Å². The molecule has 0 fully saturated rings. The lowest BCUT2D eigenvalue weighted by Crippen LogP contribution is -2.23. The van der Waals surface area contributed by atoms with E-state index in [1.807, 2.05) is 24.3 Å². The SMILES string of the molecule is O=C(NCc1ccccc1Cn1cncn1)c1ccc(Cl)cc1. The van der Waals surface area contributed by atoms with Crippen LogP contribution in [0.1, 0.15) is 21.5 Å². The van der Waals surface area contributed by atoms with Crippen LogP contribution in [0.2, 0.25) is 5.02 Å². The molecular weight excluding hydrogens is 312 g/mol. The molecule has 0 spiro atoms. The number of nitrogens with zero attached hydrogens (tertiary/aromatic N) is 3. The second-order valence-corrected chi connectivity index (χ2v) is 5.49. The van der Waals surface area contributed by atoms with Gasteiger partial charge in [0.1, 0.15) is 12.7 Å². The average molecular weight is 327 g/mol. The highest BCUT2D eigenvalue weighted by atomic mass is 35.5. The zero-order valence-corrected chi connectivity index (χ0v) is 13.1. The highest BCUT2D eigenvalue weighted by Crippen LogP contribution is 2.12. The van der Waals surface area contributed by atoms with Crippen LogP contribution in [-0.2, 0) is 13.1 Å². The summed E-state index contributed by atoms with van der Waals surface area (Å²) in [4.78, 5) is 16.1. The summed E-state index contributed by atoms with van der Waals surface area (Å²) in [5.41, 5.74) is 2.72. The summed E-state index contributed by atoms with van der Waals surface area (Å²) in [5, 5.41) is 7.65. The van der Waals surface area contributed by atoms with Crippen molar-refractivity contribution in [3.63, 3.8) is 0 Å². The Bertz CT molecular complexity index is 785. The molecule has 1 heterocycles. The third-order valence-corrected chi connectivity index (χ3v) is 3.72. The maximum Gasteiger partial charge on any atom is 0.251 e. The number of hydrogen-bond acceptors (Lipinski definition) is 3. The Labute approximate surface area is 138 Å². The molecule has 5 nitrogen and oxygen atoms in total. The van der Waals surface area contributed by atoms with Gasteiger partial charge in [-0.15, -0.1) is 0 Å². The number of carbonyl (C=O) groups is 1. The predicted octanol–water partition coefficient (Wildman–Crippen LogP) is 2.91. The lowest BCUT2D eigenvalue weighted by molar-refractivity contribution is 0.0951. The number of nitrogens with one attached hydrogen (secondary N) is 1. The van der Waals surface area contributed by atoms with Crippen molar-refractivity contribution in [2.45, 2.75) is 13.1 Å². The molecule has 3 aromatic rings. The Morgan fingerprint density at radius 3 is 2.52 bits per heavy atom. The summed E-state index contributed by atoms with van der Waals surface area (Å²) in [6.45, 7) is 1.07. The zero-order chi connectivity index (χ0) is 16.1. The van der Waals surface area contributed by atoms with Crippen LogP contribution in [0, 0.1) is 0 Å². The molecule has 0 aliphatic rings. The predicted molar refractivity (Wildman–Crippen MR) is 88.2 cm³/mol. The molecule has 2 aromatic carbocycles. The second kappa shape index (κ2) is 7.07. The van der Waals surface area contributed by atoms with Gasteiger partial charge in [0.25, 0.3) is 5.91 Å². The van der Waals surface area contributed by atoms with Crippen LogP contribution in [0.5, 0.6) is 0 Å². The molecule has 0 atom stereocenters. The zero-order valence-electron chi connectivity index (χ0n) is 12.3. The first-order valence-electron chi connectivity index (χ1n) is 7.15. The molecule has 1 amide bonds. The quantitative estimate of drug-likeness (QED) is 0.784. The molecule has 0 saturated carbocycles. The minimum Gasteiger partial charge on any atom is -0.348 e. The summed E-state index contributed by atoms with van der Waals surface area (Å²) in [6, 6.07) is 14.8. The minimum absolute atomic E-state index is 0.128. The van der Waals surface area contributed by atoms with E-state index in [0.717, 1.165) is 11.1 Å². The van der Waals surface area contributed by atoms with E-state index < -0.39 is 0 Å². The monoisotopic (exact) mass is 326 g/mol. The van der Waals surface area contributed by atoms with Gasteiger partial charge in [0.2, 0.25) is 0 Å². The molecule has 1 N–H and O–H groups in total. The van der Waals surface area contributed by atoms with E-state index in [-0.39, 0.29) is 5.91 Å². The van der Waals surface area contributed by atoms with Crippen molar-refractivity contribution in [1.29, 1.82) is 0 Å². The number of carbonyl (C=O) groups excluding carboxylic acids is 1. The fourth-order valence-electron chi connectivity index (χ4n) is 2.25. The summed E-state index contributed by atoms with van der Waals surface area (Å²) >= 11 is 5.83. The van der Waals surface area contributed by atoms with Crippen LogP contribution >= 0.6 is 11.6 Å². The van der Waals surface area contributed by atoms with E-state index >= 15 is 0 Å².